The maximum atomic E-state index is 5.68. The molecule has 2 N–H and O–H groups in total. The summed E-state index contributed by atoms with van der Waals surface area (Å²) < 4.78 is 18.3. The van der Waals surface area contributed by atoms with E-state index in [1.165, 1.54) is 0 Å². The molecule has 1 aliphatic rings. The number of hydrogen-bond acceptors (Lipinski definition) is 6. The minimum Gasteiger partial charge on any atom is -0.493 e. The molecule has 0 fully saturated rings. The molecule has 1 unspecified atom stereocenters. The molecular formula is C15H20N4O3. The van der Waals surface area contributed by atoms with Crippen molar-refractivity contribution in [1.29, 1.82) is 0 Å². The van der Waals surface area contributed by atoms with Crippen molar-refractivity contribution < 1.29 is 14.2 Å². The summed E-state index contributed by atoms with van der Waals surface area (Å²) in [6.07, 6.45) is 1.72. The summed E-state index contributed by atoms with van der Waals surface area (Å²) in [5.74, 6) is 3.51. The summed E-state index contributed by atoms with van der Waals surface area (Å²) in [5.41, 5.74) is 6.77. The Morgan fingerprint density at radius 2 is 1.91 bits per heavy atom. The highest BCUT2D eigenvalue weighted by Gasteiger charge is 2.27. The Morgan fingerprint density at radius 1 is 1.14 bits per heavy atom. The van der Waals surface area contributed by atoms with Crippen molar-refractivity contribution in [3.63, 3.8) is 0 Å². The highest BCUT2D eigenvalue weighted by Crippen LogP contribution is 2.44. The number of nitrogens with two attached hydrogens (primary N) is 1. The molecule has 1 aromatic carbocycles. The van der Waals surface area contributed by atoms with E-state index in [2.05, 4.69) is 10.1 Å². The number of fused-ring (bicyclic) bond motifs is 1. The number of anilines is 1. The minimum absolute atomic E-state index is 0.283. The molecule has 1 aliphatic heterocycles. The number of hydrogen-bond donors (Lipinski definition) is 1. The zero-order chi connectivity index (χ0) is 15.7. The Morgan fingerprint density at radius 3 is 2.59 bits per heavy atom. The van der Waals surface area contributed by atoms with Crippen LogP contribution in [0.1, 0.15) is 23.7 Å². The molecular weight excluding hydrogens is 284 g/mol. The minimum atomic E-state index is 0.283. The normalized spacial score (nSPS) is 17.0. The van der Waals surface area contributed by atoms with Gasteiger partial charge in [0.25, 0.3) is 0 Å². The summed E-state index contributed by atoms with van der Waals surface area (Å²) in [6.45, 7) is 0.793. The molecule has 0 amide bonds. The summed E-state index contributed by atoms with van der Waals surface area (Å²) in [5, 5.41) is 4.19. The van der Waals surface area contributed by atoms with E-state index >= 15 is 0 Å². The first-order chi connectivity index (χ1) is 10.7. The quantitative estimate of drug-likeness (QED) is 0.924. The van der Waals surface area contributed by atoms with Crippen molar-refractivity contribution in [3.8, 4) is 17.2 Å². The number of ether oxygens (including phenoxy) is 3. The average Bonchev–Trinajstić information content (AvgIpc) is 2.92. The molecule has 0 bridgehead atoms. The monoisotopic (exact) mass is 304 g/mol. The third-order valence-corrected chi connectivity index (χ3v) is 4.06. The molecule has 1 aromatic heterocycles. The molecule has 118 valence electrons. The number of benzene rings is 1. The van der Waals surface area contributed by atoms with E-state index in [0.717, 1.165) is 30.8 Å². The zero-order valence-corrected chi connectivity index (χ0v) is 13.0. The van der Waals surface area contributed by atoms with Gasteiger partial charge in [0.1, 0.15) is 5.82 Å². The number of nitrogen functional groups attached to an aromatic ring is 1. The van der Waals surface area contributed by atoms with Crippen LogP contribution in [0.3, 0.4) is 0 Å². The first kappa shape index (κ1) is 14.5. The van der Waals surface area contributed by atoms with E-state index in [4.69, 9.17) is 19.9 Å². The van der Waals surface area contributed by atoms with Gasteiger partial charge in [-0.1, -0.05) is 6.07 Å². The highest BCUT2D eigenvalue weighted by molar-refractivity contribution is 5.57. The lowest BCUT2D eigenvalue weighted by molar-refractivity contribution is 0.318. The largest absolute Gasteiger partial charge is 0.493 e. The van der Waals surface area contributed by atoms with Gasteiger partial charge in [-0.05, 0) is 18.4 Å². The van der Waals surface area contributed by atoms with Crippen molar-refractivity contribution in [1.82, 2.24) is 14.8 Å². The summed E-state index contributed by atoms with van der Waals surface area (Å²) >= 11 is 0. The number of nitrogens with zero attached hydrogens (tertiary/aromatic N) is 3. The first-order valence-electron chi connectivity index (χ1n) is 7.16. The molecule has 3 rings (SSSR count). The molecule has 2 aromatic rings. The van der Waals surface area contributed by atoms with Crippen LogP contribution in [0, 0.1) is 0 Å². The smallest absolute Gasteiger partial charge is 0.239 e. The topological polar surface area (TPSA) is 84.4 Å². The fraction of sp³-hybridized carbons (Fsp3) is 0.467. The zero-order valence-electron chi connectivity index (χ0n) is 13.0. The molecule has 0 spiro atoms. The van der Waals surface area contributed by atoms with Gasteiger partial charge in [0.15, 0.2) is 11.5 Å². The van der Waals surface area contributed by atoms with Crippen molar-refractivity contribution in [2.24, 2.45) is 0 Å². The second-order valence-corrected chi connectivity index (χ2v) is 5.22. The maximum Gasteiger partial charge on any atom is 0.239 e. The number of aryl methyl sites for hydroxylation is 1. The molecule has 2 heterocycles. The molecule has 7 heteroatoms. The van der Waals surface area contributed by atoms with Crippen LogP contribution in [0.2, 0.25) is 0 Å². The van der Waals surface area contributed by atoms with Gasteiger partial charge in [0.05, 0.1) is 21.3 Å². The van der Waals surface area contributed by atoms with Crippen molar-refractivity contribution in [2.45, 2.75) is 25.3 Å². The third-order valence-electron chi connectivity index (χ3n) is 4.06. The summed E-state index contributed by atoms with van der Waals surface area (Å²) in [6, 6.07) is 3.94. The Bertz CT molecular complexity index is 684. The lowest BCUT2D eigenvalue weighted by atomic mass is 9.89. The Labute approximate surface area is 129 Å². The average molecular weight is 304 g/mol. The molecule has 0 saturated heterocycles. The van der Waals surface area contributed by atoms with Crippen LogP contribution in [0.4, 0.5) is 5.95 Å². The molecule has 0 aliphatic carbocycles. The van der Waals surface area contributed by atoms with Crippen molar-refractivity contribution in [2.75, 3.05) is 27.1 Å². The summed E-state index contributed by atoms with van der Waals surface area (Å²) in [4.78, 5) is 4.29. The lowest BCUT2D eigenvalue weighted by Crippen LogP contribution is -2.19. The molecule has 0 saturated carbocycles. The molecule has 1 atom stereocenters. The number of aromatic nitrogens is 3. The molecule has 0 radical (unpaired) electrons. The number of rotatable bonds is 4. The van der Waals surface area contributed by atoms with Gasteiger partial charge >= 0.3 is 0 Å². The van der Waals surface area contributed by atoms with Crippen LogP contribution in [-0.4, -0.2) is 36.1 Å². The SMILES string of the molecule is COc1ccc(C2CCn3nc(N)nc3C2)c(OC)c1OC. The van der Waals surface area contributed by atoms with Crippen LogP contribution in [0.15, 0.2) is 12.1 Å². The van der Waals surface area contributed by atoms with Gasteiger partial charge < -0.3 is 19.9 Å². The van der Waals surface area contributed by atoms with E-state index in [0.29, 0.717) is 23.2 Å². The van der Waals surface area contributed by atoms with Gasteiger partial charge in [0.2, 0.25) is 11.7 Å². The van der Waals surface area contributed by atoms with Gasteiger partial charge in [-0.15, -0.1) is 5.10 Å². The van der Waals surface area contributed by atoms with Gasteiger partial charge in [0, 0.05) is 18.5 Å². The predicted molar refractivity (Wildman–Crippen MR) is 81.6 cm³/mol. The van der Waals surface area contributed by atoms with Crippen LogP contribution in [0.5, 0.6) is 17.2 Å². The van der Waals surface area contributed by atoms with Crippen molar-refractivity contribution in [3.05, 3.63) is 23.5 Å². The molecule has 7 nitrogen and oxygen atoms in total. The predicted octanol–water partition coefficient (Wildman–Crippen LogP) is 1.62. The maximum absolute atomic E-state index is 5.68. The van der Waals surface area contributed by atoms with E-state index < -0.39 is 0 Å². The Hall–Kier alpha value is -2.44. The Balaban J connectivity index is 1.98. The van der Waals surface area contributed by atoms with E-state index in [1.807, 2.05) is 16.8 Å². The second kappa shape index (κ2) is 5.75. The van der Waals surface area contributed by atoms with E-state index in [9.17, 15) is 0 Å². The van der Waals surface area contributed by atoms with Gasteiger partial charge in [-0.3, -0.25) is 0 Å². The van der Waals surface area contributed by atoms with Crippen LogP contribution in [-0.2, 0) is 13.0 Å². The number of methoxy groups -OCH3 is 3. The van der Waals surface area contributed by atoms with Crippen molar-refractivity contribution >= 4 is 5.95 Å². The van der Waals surface area contributed by atoms with Crippen LogP contribution in [0.25, 0.3) is 0 Å². The summed E-state index contributed by atoms with van der Waals surface area (Å²) in [7, 11) is 4.87. The van der Waals surface area contributed by atoms with E-state index in [-0.39, 0.29) is 5.92 Å². The third kappa shape index (κ3) is 2.32. The fourth-order valence-electron chi connectivity index (χ4n) is 3.04. The highest BCUT2D eigenvalue weighted by atomic mass is 16.5. The fourth-order valence-corrected chi connectivity index (χ4v) is 3.04. The lowest BCUT2D eigenvalue weighted by Gasteiger charge is -2.25. The van der Waals surface area contributed by atoms with Gasteiger partial charge in [-0.25, -0.2) is 4.68 Å². The standard InChI is InChI=1S/C15H20N4O3/c1-20-11-5-4-10(13(21-2)14(11)22-3)9-6-7-19-12(8-9)17-15(16)18-19/h4-5,9H,6-8H2,1-3H3,(H2,16,18). The van der Waals surface area contributed by atoms with Crippen LogP contribution >= 0.6 is 0 Å². The first-order valence-corrected chi connectivity index (χ1v) is 7.16. The van der Waals surface area contributed by atoms with Gasteiger partial charge in [-0.2, -0.15) is 4.98 Å². The van der Waals surface area contributed by atoms with E-state index in [1.54, 1.807) is 21.3 Å². The van der Waals surface area contributed by atoms with Crippen LogP contribution < -0.4 is 19.9 Å². The molecule has 22 heavy (non-hydrogen) atoms. The Kier molecular flexibility index (Phi) is 3.79. The second-order valence-electron chi connectivity index (χ2n) is 5.22.